The number of aromatic nitrogens is 1. The van der Waals surface area contributed by atoms with E-state index in [1.54, 1.807) is 0 Å². The van der Waals surface area contributed by atoms with Crippen molar-refractivity contribution in [2.24, 2.45) is 0 Å². The van der Waals surface area contributed by atoms with Crippen molar-refractivity contribution in [3.8, 4) is 0 Å². The predicted octanol–water partition coefficient (Wildman–Crippen LogP) is 2.42. The average molecular weight is 164 g/mol. The molecule has 1 aromatic heterocycles. The SMILES string of the molecule is CNc1cc(C(C)(C)C)ccn1. The Morgan fingerprint density at radius 1 is 1.33 bits per heavy atom. The molecule has 1 N–H and O–H groups in total. The Hall–Kier alpha value is -1.05. The number of anilines is 1. The molecule has 66 valence electrons. The van der Waals surface area contributed by atoms with Gasteiger partial charge in [-0.15, -0.1) is 0 Å². The summed E-state index contributed by atoms with van der Waals surface area (Å²) in [4.78, 5) is 4.16. The summed E-state index contributed by atoms with van der Waals surface area (Å²) in [6.07, 6.45) is 1.84. The van der Waals surface area contributed by atoms with Crippen LogP contribution in [0.15, 0.2) is 18.3 Å². The van der Waals surface area contributed by atoms with Gasteiger partial charge in [-0.1, -0.05) is 20.8 Å². The van der Waals surface area contributed by atoms with Gasteiger partial charge in [0.15, 0.2) is 0 Å². The van der Waals surface area contributed by atoms with Gasteiger partial charge in [0.05, 0.1) is 0 Å². The monoisotopic (exact) mass is 164 g/mol. The molecule has 1 rings (SSSR count). The Kier molecular flexibility index (Phi) is 2.36. The minimum atomic E-state index is 0.203. The van der Waals surface area contributed by atoms with Gasteiger partial charge in [0.25, 0.3) is 0 Å². The maximum atomic E-state index is 4.16. The molecule has 0 fully saturated rings. The number of pyridine rings is 1. The highest BCUT2D eigenvalue weighted by Gasteiger charge is 2.13. The molecule has 2 nitrogen and oxygen atoms in total. The lowest BCUT2D eigenvalue weighted by molar-refractivity contribution is 0.589. The van der Waals surface area contributed by atoms with Gasteiger partial charge in [0.1, 0.15) is 5.82 Å². The highest BCUT2D eigenvalue weighted by Crippen LogP contribution is 2.22. The molecule has 0 amide bonds. The normalized spacial score (nSPS) is 11.3. The molecule has 0 aromatic carbocycles. The summed E-state index contributed by atoms with van der Waals surface area (Å²) >= 11 is 0. The minimum Gasteiger partial charge on any atom is -0.373 e. The van der Waals surface area contributed by atoms with Crippen molar-refractivity contribution >= 4 is 5.82 Å². The molecule has 1 heterocycles. The van der Waals surface area contributed by atoms with E-state index in [1.807, 2.05) is 13.2 Å². The van der Waals surface area contributed by atoms with E-state index in [9.17, 15) is 0 Å². The molecule has 12 heavy (non-hydrogen) atoms. The van der Waals surface area contributed by atoms with Crippen molar-refractivity contribution in [3.05, 3.63) is 23.9 Å². The van der Waals surface area contributed by atoms with Gasteiger partial charge in [0.2, 0.25) is 0 Å². The molecular formula is C10H16N2. The summed E-state index contributed by atoms with van der Waals surface area (Å²) in [5.74, 6) is 0.933. The van der Waals surface area contributed by atoms with E-state index in [0.29, 0.717) is 0 Å². The van der Waals surface area contributed by atoms with Gasteiger partial charge in [-0.2, -0.15) is 0 Å². The molecule has 0 saturated carbocycles. The second-order valence-electron chi connectivity index (χ2n) is 3.93. The van der Waals surface area contributed by atoms with Crippen molar-refractivity contribution in [1.82, 2.24) is 4.98 Å². The van der Waals surface area contributed by atoms with Crippen LogP contribution in [0.4, 0.5) is 5.82 Å². The maximum Gasteiger partial charge on any atom is 0.125 e. The number of nitrogens with zero attached hydrogens (tertiary/aromatic N) is 1. The molecule has 0 radical (unpaired) electrons. The Labute approximate surface area is 74.0 Å². The van der Waals surface area contributed by atoms with E-state index in [1.165, 1.54) is 5.56 Å². The molecule has 0 atom stereocenters. The second-order valence-corrected chi connectivity index (χ2v) is 3.93. The van der Waals surface area contributed by atoms with Gasteiger partial charge in [0, 0.05) is 13.2 Å². The fraction of sp³-hybridized carbons (Fsp3) is 0.500. The van der Waals surface area contributed by atoms with Crippen molar-refractivity contribution in [3.63, 3.8) is 0 Å². The first-order valence-corrected chi connectivity index (χ1v) is 4.18. The molecule has 1 aromatic rings. The number of nitrogens with one attached hydrogen (secondary N) is 1. The van der Waals surface area contributed by atoms with Crippen molar-refractivity contribution in [2.45, 2.75) is 26.2 Å². The minimum absolute atomic E-state index is 0.203. The molecule has 0 bridgehead atoms. The molecule has 0 unspecified atom stereocenters. The molecule has 0 aliphatic rings. The molecule has 0 spiro atoms. The van der Waals surface area contributed by atoms with Crippen LogP contribution in [0.3, 0.4) is 0 Å². The fourth-order valence-electron chi connectivity index (χ4n) is 1.03. The van der Waals surface area contributed by atoms with Crippen molar-refractivity contribution in [1.29, 1.82) is 0 Å². The van der Waals surface area contributed by atoms with Gasteiger partial charge in [-0.05, 0) is 23.1 Å². The van der Waals surface area contributed by atoms with Crippen LogP contribution in [0.25, 0.3) is 0 Å². The first kappa shape index (κ1) is 9.04. The molecule has 0 aliphatic heterocycles. The Bertz CT molecular complexity index is 261. The second kappa shape index (κ2) is 3.13. The Balaban J connectivity index is 3.02. The van der Waals surface area contributed by atoms with Gasteiger partial charge >= 0.3 is 0 Å². The molecular weight excluding hydrogens is 148 g/mol. The lowest BCUT2D eigenvalue weighted by Crippen LogP contribution is -2.11. The van der Waals surface area contributed by atoms with E-state index in [2.05, 4.69) is 43.2 Å². The summed E-state index contributed by atoms with van der Waals surface area (Å²) in [7, 11) is 1.88. The maximum absolute atomic E-state index is 4.16. The lowest BCUT2D eigenvalue weighted by Gasteiger charge is -2.19. The number of rotatable bonds is 1. The summed E-state index contributed by atoms with van der Waals surface area (Å²) < 4.78 is 0. The van der Waals surface area contributed by atoms with Crippen LogP contribution in [0, 0.1) is 0 Å². The summed E-state index contributed by atoms with van der Waals surface area (Å²) in [6.45, 7) is 6.59. The highest BCUT2D eigenvalue weighted by molar-refractivity contribution is 5.39. The van der Waals surface area contributed by atoms with Crippen LogP contribution >= 0.6 is 0 Å². The third-order valence-electron chi connectivity index (χ3n) is 1.88. The van der Waals surface area contributed by atoms with Crippen LogP contribution < -0.4 is 5.32 Å². The van der Waals surface area contributed by atoms with Crippen LogP contribution in [0.2, 0.25) is 0 Å². The van der Waals surface area contributed by atoms with Gasteiger partial charge in [-0.25, -0.2) is 4.98 Å². The topological polar surface area (TPSA) is 24.9 Å². The van der Waals surface area contributed by atoms with E-state index in [0.717, 1.165) is 5.82 Å². The third-order valence-corrected chi connectivity index (χ3v) is 1.88. The number of hydrogen-bond donors (Lipinski definition) is 1. The van der Waals surface area contributed by atoms with E-state index in [-0.39, 0.29) is 5.41 Å². The average Bonchev–Trinajstić information content (AvgIpc) is 2.03. The lowest BCUT2D eigenvalue weighted by atomic mass is 9.88. The smallest absolute Gasteiger partial charge is 0.125 e. The van der Waals surface area contributed by atoms with Crippen molar-refractivity contribution in [2.75, 3.05) is 12.4 Å². The molecule has 2 heteroatoms. The van der Waals surface area contributed by atoms with Crippen LogP contribution in [0.5, 0.6) is 0 Å². The highest BCUT2D eigenvalue weighted by atomic mass is 14.9. The predicted molar refractivity (Wildman–Crippen MR) is 52.5 cm³/mol. The molecule has 0 saturated heterocycles. The summed E-state index contributed by atoms with van der Waals surface area (Å²) in [5, 5.41) is 3.03. The standard InChI is InChI=1S/C10H16N2/c1-10(2,3)8-5-6-12-9(7-8)11-4/h5-7H,1-4H3,(H,11,12). The molecule has 0 aliphatic carbocycles. The van der Waals surface area contributed by atoms with E-state index >= 15 is 0 Å². The summed E-state index contributed by atoms with van der Waals surface area (Å²) in [6, 6.07) is 4.14. The third kappa shape index (κ3) is 1.97. The summed E-state index contributed by atoms with van der Waals surface area (Å²) in [5.41, 5.74) is 1.51. The zero-order valence-electron chi connectivity index (χ0n) is 8.18. The fourth-order valence-corrected chi connectivity index (χ4v) is 1.03. The zero-order valence-corrected chi connectivity index (χ0v) is 8.18. The quantitative estimate of drug-likeness (QED) is 0.689. The van der Waals surface area contributed by atoms with Gasteiger partial charge < -0.3 is 5.32 Å². The van der Waals surface area contributed by atoms with Crippen LogP contribution in [-0.2, 0) is 5.41 Å². The first-order valence-electron chi connectivity index (χ1n) is 4.18. The Morgan fingerprint density at radius 2 is 2.00 bits per heavy atom. The van der Waals surface area contributed by atoms with Crippen LogP contribution in [-0.4, -0.2) is 12.0 Å². The largest absolute Gasteiger partial charge is 0.373 e. The van der Waals surface area contributed by atoms with Crippen molar-refractivity contribution < 1.29 is 0 Å². The first-order chi connectivity index (χ1) is 5.54. The van der Waals surface area contributed by atoms with Crippen LogP contribution in [0.1, 0.15) is 26.3 Å². The number of hydrogen-bond acceptors (Lipinski definition) is 2. The van der Waals surface area contributed by atoms with Gasteiger partial charge in [-0.3, -0.25) is 0 Å². The van der Waals surface area contributed by atoms with E-state index < -0.39 is 0 Å². The Morgan fingerprint density at radius 3 is 2.50 bits per heavy atom. The zero-order chi connectivity index (χ0) is 9.19. The van der Waals surface area contributed by atoms with E-state index in [4.69, 9.17) is 0 Å².